The molecule has 4 rings (SSSR count). The molecule has 1 N–H and O–H groups in total. The molecule has 1 saturated heterocycles. The average molecular weight is 624 g/mol. The second-order valence-electron chi connectivity index (χ2n) is 10.2. The molecule has 1 aliphatic heterocycles. The third kappa shape index (κ3) is 7.89. The highest BCUT2D eigenvalue weighted by atomic mass is 35.5. The van der Waals surface area contributed by atoms with Gasteiger partial charge in [-0.1, -0.05) is 46.9 Å². The van der Waals surface area contributed by atoms with Crippen molar-refractivity contribution in [1.82, 2.24) is 15.2 Å². The highest BCUT2D eigenvalue weighted by molar-refractivity contribution is 7.90. The van der Waals surface area contributed by atoms with Crippen molar-refractivity contribution in [1.29, 1.82) is 0 Å². The molecular weight excluding hydrogens is 591 g/mol. The zero-order valence-electron chi connectivity index (χ0n) is 22.5. The van der Waals surface area contributed by atoms with Crippen LogP contribution in [-0.4, -0.2) is 62.2 Å². The molecular formula is C29H33Cl3N4O3S. The molecule has 0 saturated carbocycles. The number of aromatic nitrogens is 1. The van der Waals surface area contributed by atoms with Crippen molar-refractivity contribution in [3.63, 3.8) is 0 Å². The first kappa shape index (κ1) is 30.6. The van der Waals surface area contributed by atoms with Crippen molar-refractivity contribution in [3.05, 3.63) is 87.1 Å². The largest absolute Gasteiger partial charge is 0.364 e. The Labute approximate surface area is 251 Å². The van der Waals surface area contributed by atoms with Gasteiger partial charge in [0.1, 0.15) is 0 Å². The van der Waals surface area contributed by atoms with E-state index in [-0.39, 0.29) is 33.6 Å². The number of likely N-dealkylation sites (tertiary alicyclic amines) is 1. The molecule has 0 spiro atoms. The smallest absolute Gasteiger partial charge is 0.254 e. The predicted octanol–water partition coefficient (Wildman–Crippen LogP) is 6.12. The molecule has 1 atom stereocenters. The van der Waals surface area contributed by atoms with Gasteiger partial charge in [-0.05, 0) is 68.1 Å². The van der Waals surface area contributed by atoms with Crippen LogP contribution in [0.5, 0.6) is 0 Å². The SMILES string of the molecule is CC(CCNC(=O)c1c(Cl)cncc1Cl)N1CCC(N(Cc2cccc(Cl)c2)c2ccc(S(C)(=O)=O)cc2)CC1. The molecule has 214 valence electrons. The van der Waals surface area contributed by atoms with E-state index in [1.54, 1.807) is 12.1 Å². The maximum atomic E-state index is 12.6. The second-order valence-corrected chi connectivity index (χ2v) is 13.4. The van der Waals surface area contributed by atoms with Crippen LogP contribution < -0.4 is 10.2 Å². The van der Waals surface area contributed by atoms with E-state index in [0.29, 0.717) is 23.0 Å². The first-order chi connectivity index (χ1) is 19.0. The van der Waals surface area contributed by atoms with Crippen LogP contribution in [0.25, 0.3) is 0 Å². The number of halogens is 3. The number of hydrogen-bond donors (Lipinski definition) is 1. The van der Waals surface area contributed by atoms with E-state index in [0.717, 1.165) is 43.6 Å². The summed E-state index contributed by atoms with van der Waals surface area (Å²) in [5.41, 5.74) is 2.33. The molecule has 2 aromatic carbocycles. The molecule has 1 amide bonds. The standard InChI is InChI=1S/C29H33Cl3N4O3S/c1-20(10-13-34-29(37)28-26(31)17-33-18-27(28)32)35-14-11-24(12-15-35)36(19-21-4-3-5-22(30)16-21)23-6-8-25(9-7-23)40(2,38)39/h3-9,16-18,20,24H,10-15,19H2,1-2H3,(H,34,37). The lowest BCUT2D eigenvalue weighted by molar-refractivity contribution is 0.0945. The second kappa shape index (κ2) is 13.5. The molecule has 0 aliphatic carbocycles. The summed E-state index contributed by atoms with van der Waals surface area (Å²) >= 11 is 18.5. The number of pyridine rings is 1. The third-order valence-corrected chi connectivity index (χ3v) is 9.27. The Balaban J connectivity index is 1.37. The van der Waals surface area contributed by atoms with Crippen molar-refractivity contribution in [3.8, 4) is 0 Å². The number of anilines is 1. The van der Waals surface area contributed by atoms with E-state index in [1.807, 2.05) is 30.3 Å². The van der Waals surface area contributed by atoms with E-state index in [4.69, 9.17) is 34.8 Å². The van der Waals surface area contributed by atoms with E-state index in [9.17, 15) is 13.2 Å². The normalized spacial score (nSPS) is 15.5. The Morgan fingerprint density at radius 3 is 2.33 bits per heavy atom. The van der Waals surface area contributed by atoms with Crippen molar-refractivity contribution in [2.75, 3.05) is 30.8 Å². The van der Waals surface area contributed by atoms with Crippen LogP contribution in [0.1, 0.15) is 42.1 Å². The number of amides is 1. The fraction of sp³-hybridized carbons (Fsp3) is 0.379. The predicted molar refractivity (Wildman–Crippen MR) is 162 cm³/mol. The molecule has 0 bridgehead atoms. The van der Waals surface area contributed by atoms with Crippen molar-refractivity contribution in [2.24, 2.45) is 0 Å². The van der Waals surface area contributed by atoms with Crippen LogP contribution in [0.4, 0.5) is 5.69 Å². The fourth-order valence-electron chi connectivity index (χ4n) is 5.08. The van der Waals surface area contributed by atoms with Crippen LogP contribution in [0.2, 0.25) is 15.1 Å². The van der Waals surface area contributed by atoms with Gasteiger partial charge in [0.25, 0.3) is 5.91 Å². The van der Waals surface area contributed by atoms with Gasteiger partial charge in [0.05, 0.1) is 20.5 Å². The quantitative estimate of drug-likeness (QED) is 0.293. The summed E-state index contributed by atoms with van der Waals surface area (Å²) in [6, 6.07) is 15.5. The van der Waals surface area contributed by atoms with Crippen molar-refractivity contribution in [2.45, 2.75) is 49.7 Å². The van der Waals surface area contributed by atoms with Crippen LogP contribution >= 0.6 is 34.8 Å². The van der Waals surface area contributed by atoms with E-state index < -0.39 is 9.84 Å². The Kier molecular flexibility index (Phi) is 10.4. The maximum absolute atomic E-state index is 12.6. The number of carbonyl (C=O) groups excluding carboxylic acids is 1. The lowest BCUT2D eigenvalue weighted by Crippen LogP contribution is -2.48. The van der Waals surface area contributed by atoms with E-state index in [2.05, 4.69) is 33.1 Å². The summed E-state index contributed by atoms with van der Waals surface area (Å²) in [6.07, 6.45) is 6.73. The van der Waals surface area contributed by atoms with Gasteiger partial charge < -0.3 is 15.1 Å². The summed E-state index contributed by atoms with van der Waals surface area (Å²) in [7, 11) is -3.27. The highest BCUT2D eigenvalue weighted by Crippen LogP contribution is 2.29. The molecule has 1 aliphatic rings. The first-order valence-electron chi connectivity index (χ1n) is 13.2. The van der Waals surface area contributed by atoms with Gasteiger partial charge in [-0.15, -0.1) is 0 Å². The number of benzene rings is 2. The average Bonchev–Trinajstić information content (AvgIpc) is 2.91. The molecule has 0 radical (unpaired) electrons. The van der Waals surface area contributed by atoms with Crippen molar-refractivity contribution < 1.29 is 13.2 Å². The molecule has 7 nitrogen and oxygen atoms in total. The van der Waals surface area contributed by atoms with Gasteiger partial charge in [0, 0.05) is 67.6 Å². The molecule has 11 heteroatoms. The number of nitrogens with zero attached hydrogens (tertiary/aromatic N) is 3. The Hall–Kier alpha value is -2.36. The number of rotatable bonds is 10. The van der Waals surface area contributed by atoms with Gasteiger partial charge in [-0.3, -0.25) is 9.78 Å². The number of sulfone groups is 1. The molecule has 2 heterocycles. The summed E-state index contributed by atoms with van der Waals surface area (Å²) in [6.45, 7) is 5.17. The van der Waals surface area contributed by atoms with E-state index >= 15 is 0 Å². The van der Waals surface area contributed by atoms with Crippen LogP contribution in [0.3, 0.4) is 0 Å². The van der Waals surface area contributed by atoms with Crippen molar-refractivity contribution >= 4 is 56.2 Å². The third-order valence-electron chi connectivity index (χ3n) is 7.33. The van der Waals surface area contributed by atoms with Crippen LogP contribution in [0.15, 0.2) is 65.8 Å². The summed E-state index contributed by atoms with van der Waals surface area (Å²) in [5.74, 6) is -0.304. The molecule has 1 unspecified atom stereocenters. The summed E-state index contributed by atoms with van der Waals surface area (Å²) in [5, 5.41) is 4.07. The van der Waals surface area contributed by atoms with Crippen LogP contribution in [-0.2, 0) is 16.4 Å². The Morgan fingerprint density at radius 1 is 1.07 bits per heavy atom. The number of nitrogens with one attached hydrogen (secondary N) is 1. The number of hydrogen-bond acceptors (Lipinski definition) is 6. The summed E-state index contributed by atoms with van der Waals surface area (Å²) < 4.78 is 24.0. The zero-order chi connectivity index (χ0) is 28.9. The highest BCUT2D eigenvalue weighted by Gasteiger charge is 2.28. The Bertz CT molecular complexity index is 1410. The first-order valence-corrected chi connectivity index (χ1v) is 16.2. The summed E-state index contributed by atoms with van der Waals surface area (Å²) in [4.78, 5) is 21.6. The maximum Gasteiger partial charge on any atom is 0.254 e. The number of piperidine rings is 1. The monoisotopic (exact) mass is 622 g/mol. The molecule has 3 aromatic rings. The van der Waals surface area contributed by atoms with Gasteiger partial charge >= 0.3 is 0 Å². The Morgan fingerprint density at radius 2 is 1.73 bits per heavy atom. The molecule has 1 aromatic heterocycles. The lowest BCUT2D eigenvalue weighted by Gasteiger charge is -2.42. The molecule has 40 heavy (non-hydrogen) atoms. The fourth-order valence-corrected chi connectivity index (χ4v) is 6.46. The minimum atomic E-state index is -3.27. The minimum Gasteiger partial charge on any atom is -0.364 e. The number of carbonyl (C=O) groups is 1. The lowest BCUT2D eigenvalue weighted by atomic mass is 9.99. The zero-order valence-corrected chi connectivity index (χ0v) is 25.6. The van der Waals surface area contributed by atoms with Gasteiger partial charge in [0.2, 0.25) is 0 Å². The van der Waals surface area contributed by atoms with Gasteiger partial charge in [-0.2, -0.15) is 0 Å². The van der Waals surface area contributed by atoms with Gasteiger partial charge in [0.15, 0.2) is 9.84 Å². The molecule has 1 fully saturated rings. The topological polar surface area (TPSA) is 82.6 Å². The minimum absolute atomic E-state index is 0.230. The van der Waals surface area contributed by atoms with E-state index in [1.165, 1.54) is 18.6 Å². The van der Waals surface area contributed by atoms with Crippen LogP contribution in [0, 0.1) is 0 Å². The van der Waals surface area contributed by atoms with Gasteiger partial charge in [-0.25, -0.2) is 8.42 Å².